The number of hydrogen-bond acceptors (Lipinski definition) is 2. The van der Waals surface area contributed by atoms with Gasteiger partial charge in [-0.1, -0.05) is 26.8 Å². The fourth-order valence-corrected chi connectivity index (χ4v) is 1.79. The third-order valence-corrected chi connectivity index (χ3v) is 2.45. The molecule has 1 rings (SSSR count). The summed E-state index contributed by atoms with van der Waals surface area (Å²) < 4.78 is 0. The molecule has 0 aromatic carbocycles. The van der Waals surface area contributed by atoms with E-state index in [1.807, 2.05) is 25.4 Å². The van der Waals surface area contributed by atoms with Gasteiger partial charge in [0.15, 0.2) is 0 Å². The van der Waals surface area contributed by atoms with Crippen molar-refractivity contribution in [2.45, 2.75) is 39.7 Å². The first kappa shape index (κ1) is 12.2. The molecule has 0 amide bonds. The Labute approximate surface area is 93.1 Å². The lowest BCUT2D eigenvalue weighted by atomic mass is 9.86. The van der Waals surface area contributed by atoms with Crippen molar-refractivity contribution in [3.8, 4) is 0 Å². The molecule has 1 N–H and O–H groups in total. The zero-order chi connectivity index (χ0) is 11.3. The highest BCUT2D eigenvalue weighted by atomic mass is 14.9. The Morgan fingerprint density at radius 2 is 2.07 bits per heavy atom. The lowest BCUT2D eigenvalue weighted by molar-refractivity contribution is 0.315. The molecule has 0 aliphatic heterocycles. The minimum Gasteiger partial charge on any atom is -0.317 e. The van der Waals surface area contributed by atoms with E-state index in [1.54, 1.807) is 0 Å². The van der Waals surface area contributed by atoms with Crippen molar-refractivity contribution in [1.29, 1.82) is 0 Å². The molecule has 0 radical (unpaired) electrons. The van der Waals surface area contributed by atoms with Crippen LogP contribution in [0, 0.1) is 5.41 Å². The molecule has 1 aromatic heterocycles. The van der Waals surface area contributed by atoms with Gasteiger partial charge < -0.3 is 5.32 Å². The summed E-state index contributed by atoms with van der Waals surface area (Å²) in [6.07, 6.45) is 4.04. The first-order chi connectivity index (χ1) is 7.01. The number of likely N-dealkylation sites (N-methyl/N-ethyl adjacent to an activating group) is 1. The molecule has 2 heteroatoms. The van der Waals surface area contributed by atoms with Crippen molar-refractivity contribution in [2.75, 3.05) is 7.05 Å². The molecule has 0 spiro atoms. The molecule has 1 unspecified atom stereocenters. The molecule has 0 fully saturated rings. The van der Waals surface area contributed by atoms with Crippen LogP contribution in [0.15, 0.2) is 24.4 Å². The van der Waals surface area contributed by atoms with E-state index < -0.39 is 0 Å². The van der Waals surface area contributed by atoms with Crippen molar-refractivity contribution in [3.63, 3.8) is 0 Å². The van der Waals surface area contributed by atoms with Crippen molar-refractivity contribution >= 4 is 0 Å². The number of nitrogens with zero attached hydrogens (tertiary/aromatic N) is 1. The summed E-state index contributed by atoms with van der Waals surface area (Å²) in [4.78, 5) is 4.36. The monoisotopic (exact) mass is 206 g/mol. The van der Waals surface area contributed by atoms with E-state index in [0.717, 1.165) is 6.42 Å². The smallest absolute Gasteiger partial charge is 0.0419 e. The van der Waals surface area contributed by atoms with Gasteiger partial charge in [-0.05, 0) is 31.0 Å². The topological polar surface area (TPSA) is 24.9 Å². The second-order valence-electron chi connectivity index (χ2n) is 5.28. The molecule has 2 nitrogen and oxygen atoms in total. The Kier molecular flexibility index (Phi) is 4.28. The minimum absolute atomic E-state index is 0.364. The van der Waals surface area contributed by atoms with Crippen LogP contribution in [0.1, 0.15) is 32.9 Å². The van der Waals surface area contributed by atoms with E-state index in [4.69, 9.17) is 0 Å². The zero-order valence-corrected chi connectivity index (χ0v) is 10.2. The number of hydrogen-bond donors (Lipinski definition) is 1. The van der Waals surface area contributed by atoms with Crippen molar-refractivity contribution in [1.82, 2.24) is 10.3 Å². The van der Waals surface area contributed by atoms with Gasteiger partial charge in [0.2, 0.25) is 0 Å². The van der Waals surface area contributed by atoms with Crippen LogP contribution in [-0.2, 0) is 6.42 Å². The van der Waals surface area contributed by atoms with Crippen LogP contribution in [0.5, 0.6) is 0 Å². The van der Waals surface area contributed by atoms with E-state index in [9.17, 15) is 0 Å². The summed E-state index contributed by atoms with van der Waals surface area (Å²) in [5, 5.41) is 3.37. The average molecular weight is 206 g/mol. The van der Waals surface area contributed by atoms with E-state index in [0.29, 0.717) is 11.5 Å². The quantitative estimate of drug-likeness (QED) is 0.819. The van der Waals surface area contributed by atoms with E-state index in [-0.39, 0.29) is 0 Å². The maximum absolute atomic E-state index is 4.36. The lowest BCUT2D eigenvalue weighted by Crippen LogP contribution is -2.32. The highest BCUT2D eigenvalue weighted by molar-refractivity contribution is 5.05. The highest BCUT2D eigenvalue weighted by Crippen LogP contribution is 2.21. The third kappa shape index (κ3) is 4.93. The van der Waals surface area contributed by atoms with Crippen LogP contribution in [0.2, 0.25) is 0 Å². The highest BCUT2D eigenvalue weighted by Gasteiger charge is 2.17. The molecule has 15 heavy (non-hydrogen) atoms. The molecule has 0 aliphatic rings. The molecule has 84 valence electrons. The summed E-state index contributed by atoms with van der Waals surface area (Å²) in [5.41, 5.74) is 1.53. The van der Waals surface area contributed by atoms with Gasteiger partial charge in [-0.2, -0.15) is 0 Å². The maximum atomic E-state index is 4.36. The predicted molar refractivity (Wildman–Crippen MR) is 64.9 cm³/mol. The molecule has 0 bridgehead atoms. The Morgan fingerprint density at radius 3 is 2.53 bits per heavy atom. The fourth-order valence-electron chi connectivity index (χ4n) is 1.79. The third-order valence-electron chi connectivity index (χ3n) is 2.45. The SMILES string of the molecule is CNC(Cc1ccccn1)CC(C)(C)C. The molecular weight excluding hydrogens is 184 g/mol. The lowest BCUT2D eigenvalue weighted by Gasteiger charge is -2.25. The molecule has 1 atom stereocenters. The van der Waals surface area contributed by atoms with Gasteiger partial charge in [-0.3, -0.25) is 4.98 Å². The second-order valence-corrected chi connectivity index (χ2v) is 5.28. The van der Waals surface area contributed by atoms with Gasteiger partial charge in [0.05, 0.1) is 0 Å². The standard InChI is InChI=1S/C13H22N2/c1-13(2,3)10-12(14-4)9-11-7-5-6-8-15-11/h5-8,12,14H,9-10H2,1-4H3. The molecule has 1 aromatic rings. The first-order valence-corrected chi connectivity index (χ1v) is 5.58. The van der Waals surface area contributed by atoms with Crippen LogP contribution in [0.3, 0.4) is 0 Å². The maximum Gasteiger partial charge on any atom is 0.0419 e. The largest absolute Gasteiger partial charge is 0.317 e. The summed E-state index contributed by atoms with van der Waals surface area (Å²) in [6.45, 7) is 6.82. The average Bonchev–Trinajstić information content (AvgIpc) is 2.16. The molecule has 0 saturated heterocycles. The summed E-state index contributed by atoms with van der Waals surface area (Å²) in [6, 6.07) is 6.61. The molecule has 0 aliphatic carbocycles. The predicted octanol–water partition coefficient (Wildman–Crippen LogP) is 2.65. The van der Waals surface area contributed by atoms with Crippen LogP contribution >= 0.6 is 0 Å². The Balaban J connectivity index is 2.55. The Bertz CT molecular complexity index is 274. The van der Waals surface area contributed by atoms with Gasteiger partial charge in [0, 0.05) is 24.4 Å². The van der Waals surface area contributed by atoms with Gasteiger partial charge in [-0.15, -0.1) is 0 Å². The van der Waals surface area contributed by atoms with Crippen molar-refractivity contribution in [3.05, 3.63) is 30.1 Å². The fraction of sp³-hybridized carbons (Fsp3) is 0.615. The van der Waals surface area contributed by atoms with E-state index in [2.05, 4.69) is 37.1 Å². The van der Waals surface area contributed by atoms with Crippen LogP contribution in [-0.4, -0.2) is 18.1 Å². The normalized spacial score (nSPS) is 13.9. The van der Waals surface area contributed by atoms with Crippen molar-refractivity contribution < 1.29 is 0 Å². The van der Waals surface area contributed by atoms with Gasteiger partial charge in [0.25, 0.3) is 0 Å². The van der Waals surface area contributed by atoms with E-state index >= 15 is 0 Å². The molecule has 1 heterocycles. The van der Waals surface area contributed by atoms with E-state index in [1.165, 1.54) is 12.1 Å². The van der Waals surface area contributed by atoms with Crippen LogP contribution in [0.25, 0.3) is 0 Å². The molecule has 0 saturated carbocycles. The van der Waals surface area contributed by atoms with Gasteiger partial charge in [0.1, 0.15) is 0 Å². The molecular formula is C13H22N2. The number of pyridine rings is 1. The van der Waals surface area contributed by atoms with Crippen LogP contribution in [0.4, 0.5) is 0 Å². The van der Waals surface area contributed by atoms with Gasteiger partial charge in [-0.25, -0.2) is 0 Å². The van der Waals surface area contributed by atoms with Crippen molar-refractivity contribution in [2.24, 2.45) is 5.41 Å². The Hall–Kier alpha value is -0.890. The first-order valence-electron chi connectivity index (χ1n) is 5.58. The summed E-state index contributed by atoms with van der Waals surface area (Å²) in [5.74, 6) is 0. The second kappa shape index (κ2) is 5.26. The summed E-state index contributed by atoms with van der Waals surface area (Å²) in [7, 11) is 2.03. The number of nitrogens with one attached hydrogen (secondary N) is 1. The summed E-state index contributed by atoms with van der Waals surface area (Å²) >= 11 is 0. The van der Waals surface area contributed by atoms with Gasteiger partial charge >= 0.3 is 0 Å². The number of rotatable bonds is 4. The van der Waals surface area contributed by atoms with Crippen LogP contribution < -0.4 is 5.32 Å². The zero-order valence-electron chi connectivity index (χ0n) is 10.2. The number of aromatic nitrogens is 1. The minimum atomic E-state index is 0.364. The Morgan fingerprint density at radius 1 is 1.33 bits per heavy atom.